The third-order valence-corrected chi connectivity index (χ3v) is 5.34. The minimum absolute atomic E-state index is 0.220. The molecule has 0 fully saturated rings. The third-order valence-electron chi connectivity index (χ3n) is 5.34. The van der Waals surface area contributed by atoms with Gasteiger partial charge >= 0.3 is 0 Å². The number of hydrogen-bond acceptors (Lipinski definition) is 5. The number of para-hydroxylation sites is 3. The van der Waals surface area contributed by atoms with Crippen LogP contribution in [0.15, 0.2) is 60.7 Å². The molecule has 6 heteroatoms. The molecular weight excluding hydrogens is 366 g/mol. The van der Waals surface area contributed by atoms with Crippen LogP contribution in [0.25, 0.3) is 22.4 Å². The highest BCUT2D eigenvalue weighted by atomic mass is 16.5. The Bertz CT molecular complexity index is 1220. The second kappa shape index (κ2) is 6.74. The number of methoxy groups -OCH3 is 3. The van der Waals surface area contributed by atoms with Crippen LogP contribution in [-0.2, 0) is 0 Å². The van der Waals surface area contributed by atoms with Crippen molar-refractivity contribution in [3.63, 3.8) is 0 Å². The van der Waals surface area contributed by atoms with Gasteiger partial charge in [-0.15, -0.1) is 0 Å². The topological polar surface area (TPSA) is 57.5 Å². The van der Waals surface area contributed by atoms with Gasteiger partial charge in [0.25, 0.3) is 0 Å². The van der Waals surface area contributed by atoms with Crippen LogP contribution < -0.4 is 19.5 Å². The Kier molecular flexibility index (Phi) is 4.05. The molecule has 1 aromatic heterocycles. The Morgan fingerprint density at radius 3 is 2.31 bits per heavy atom. The van der Waals surface area contributed by atoms with E-state index in [0.29, 0.717) is 17.2 Å². The fourth-order valence-electron chi connectivity index (χ4n) is 4.00. The van der Waals surface area contributed by atoms with Crippen molar-refractivity contribution in [1.82, 2.24) is 9.55 Å². The van der Waals surface area contributed by atoms with Gasteiger partial charge in [0.05, 0.1) is 32.4 Å². The summed E-state index contributed by atoms with van der Waals surface area (Å²) < 4.78 is 19.0. The summed E-state index contributed by atoms with van der Waals surface area (Å²) >= 11 is 0. The summed E-state index contributed by atoms with van der Waals surface area (Å²) in [5.74, 6) is 2.90. The van der Waals surface area contributed by atoms with Crippen molar-refractivity contribution in [2.24, 2.45) is 0 Å². The number of fused-ring (bicyclic) bond motifs is 5. The maximum atomic E-state index is 5.72. The Hall–Kier alpha value is -3.67. The van der Waals surface area contributed by atoms with E-state index in [2.05, 4.69) is 28.1 Å². The van der Waals surface area contributed by atoms with Crippen LogP contribution in [0, 0.1) is 0 Å². The molecule has 146 valence electrons. The van der Waals surface area contributed by atoms with Gasteiger partial charge in [-0.2, -0.15) is 0 Å². The van der Waals surface area contributed by atoms with Gasteiger partial charge in [0.1, 0.15) is 17.7 Å². The van der Waals surface area contributed by atoms with E-state index in [4.69, 9.17) is 19.2 Å². The molecule has 0 saturated heterocycles. The molecule has 1 aliphatic heterocycles. The molecule has 4 aromatic rings. The number of rotatable bonds is 4. The van der Waals surface area contributed by atoms with E-state index in [1.165, 1.54) is 0 Å². The zero-order valence-corrected chi connectivity index (χ0v) is 16.5. The predicted molar refractivity (Wildman–Crippen MR) is 113 cm³/mol. The summed E-state index contributed by atoms with van der Waals surface area (Å²) in [4.78, 5) is 4.93. The van der Waals surface area contributed by atoms with Crippen molar-refractivity contribution in [1.29, 1.82) is 0 Å². The lowest BCUT2D eigenvalue weighted by Crippen LogP contribution is -2.25. The zero-order chi connectivity index (χ0) is 20.0. The second-order valence-electron chi connectivity index (χ2n) is 6.84. The van der Waals surface area contributed by atoms with Gasteiger partial charge in [-0.25, -0.2) is 4.98 Å². The number of nitrogens with zero attached hydrogens (tertiary/aromatic N) is 2. The number of hydrogen-bond donors (Lipinski definition) is 1. The maximum Gasteiger partial charge on any atom is 0.164 e. The van der Waals surface area contributed by atoms with Crippen LogP contribution in [0.5, 0.6) is 17.2 Å². The van der Waals surface area contributed by atoms with Gasteiger partial charge < -0.3 is 19.5 Å². The first-order valence-electron chi connectivity index (χ1n) is 9.38. The Balaban J connectivity index is 1.80. The molecule has 5 rings (SSSR count). The minimum atomic E-state index is -0.220. The van der Waals surface area contributed by atoms with Crippen LogP contribution in [0.2, 0.25) is 0 Å². The van der Waals surface area contributed by atoms with Gasteiger partial charge in [-0.3, -0.25) is 4.57 Å². The van der Waals surface area contributed by atoms with E-state index in [0.717, 1.165) is 33.7 Å². The summed E-state index contributed by atoms with van der Waals surface area (Å²) in [5.41, 5.74) is 5.03. The highest BCUT2D eigenvalue weighted by Crippen LogP contribution is 2.45. The fourth-order valence-corrected chi connectivity index (χ4v) is 4.00. The molecule has 0 aliphatic carbocycles. The second-order valence-corrected chi connectivity index (χ2v) is 6.84. The highest BCUT2D eigenvalue weighted by Gasteiger charge is 2.30. The largest absolute Gasteiger partial charge is 0.496 e. The molecule has 0 amide bonds. The highest BCUT2D eigenvalue weighted by molar-refractivity contribution is 5.87. The number of benzene rings is 3. The molecule has 0 bridgehead atoms. The lowest BCUT2D eigenvalue weighted by Gasteiger charge is -2.31. The SMILES string of the molecule is COc1cc(OC)c([C@H]2Nc3ccccc3-c3nc4ccccc4n32)cc1OC. The normalized spacial score (nSPS) is 14.7. The molecule has 0 radical (unpaired) electrons. The molecule has 2 heterocycles. The van der Waals surface area contributed by atoms with Crippen LogP contribution in [0.1, 0.15) is 11.7 Å². The summed E-state index contributed by atoms with van der Waals surface area (Å²) in [6, 6.07) is 20.2. The quantitative estimate of drug-likeness (QED) is 0.550. The molecule has 0 spiro atoms. The summed E-state index contributed by atoms with van der Waals surface area (Å²) in [5, 5.41) is 3.66. The van der Waals surface area contributed by atoms with Crippen LogP contribution in [0.4, 0.5) is 5.69 Å². The number of imidazole rings is 1. The van der Waals surface area contributed by atoms with Crippen molar-refractivity contribution in [2.75, 3.05) is 26.6 Å². The summed E-state index contributed by atoms with van der Waals surface area (Å²) in [7, 11) is 4.91. The molecule has 29 heavy (non-hydrogen) atoms. The molecule has 1 atom stereocenters. The van der Waals surface area contributed by atoms with E-state index in [-0.39, 0.29) is 6.17 Å². The summed E-state index contributed by atoms with van der Waals surface area (Å²) in [6.07, 6.45) is -0.220. The van der Waals surface area contributed by atoms with E-state index in [1.54, 1.807) is 21.3 Å². The number of ether oxygens (including phenoxy) is 3. The van der Waals surface area contributed by atoms with Crippen molar-refractivity contribution in [3.8, 4) is 28.6 Å². The molecule has 0 saturated carbocycles. The average molecular weight is 387 g/mol. The van der Waals surface area contributed by atoms with Crippen LogP contribution in [0.3, 0.4) is 0 Å². The lowest BCUT2D eigenvalue weighted by atomic mass is 10.0. The van der Waals surface area contributed by atoms with Crippen LogP contribution in [-0.4, -0.2) is 30.9 Å². The van der Waals surface area contributed by atoms with E-state index < -0.39 is 0 Å². The van der Waals surface area contributed by atoms with Crippen molar-refractivity contribution < 1.29 is 14.2 Å². The molecule has 6 nitrogen and oxygen atoms in total. The maximum absolute atomic E-state index is 5.72. The first kappa shape index (κ1) is 17.4. The smallest absolute Gasteiger partial charge is 0.164 e. The third kappa shape index (κ3) is 2.60. The van der Waals surface area contributed by atoms with Gasteiger partial charge in [0.15, 0.2) is 11.5 Å². The Morgan fingerprint density at radius 2 is 1.52 bits per heavy atom. The van der Waals surface area contributed by atoms with E-state index in [1.807, 2.05) is 42.5 Å². The van der Waals surface area contributed by atoms with Crippen molar-refractivity contribution >= 4 is 16.7 Å². The predicted octanol–water partition coefficient (Wildman–Crippen LogP) is 4.70. The minimum Gasteiger partial charge on any atom is -0.496 e. The Labute approximate surface area is 168 Å². The van der Waals surface area contributed by atoms with Gasteiger partial charge in [-0.1, -0.05) is 24.3 Å². The lowest BCUT2D eigenvalue weighted by molar-refractivity contribution is 0.346. The van der Waals surface area contributed by atoms with Gasteiger partial charge in [-0.05, 0) is 30.3 Å². The molecule has 1 aliphatic rings. The van der Waals surface area contributed by atoms with Crippen LogP contribution >= 0.6 is 0 Å². The average Bonchev–Trinajstić information content (AvgIpc) is 3.17. The Morgan fingerprint density at radius 1 is 0.828 bits per heavy atom. The first-order chi connectivity index (χ1) is 14.2. The van der Waals surface area contributed by atoms with E-state index >= 15 is 0 Å². The molecule has 1 N–H and O–H groups in total. The monoisotopic (exact) mass is 387 g/mol. The van der Waals surface area contributed by atoms with Gasteiger partial charge in [0.2, 0.25) is 0 Å². The van der Waals surface area contributed by atoms with Crippen molar-refractivity contribution in [3.05, 3.63) is 66.2 Å². The van der Waals surface area contributed by atoms with Gasteiger partial charge in [0, 0.05) is 22.9 Å². The van der Waals surface area contributed by atoms with E-state index in [9.17, 15) is 0 Å². The number of nitrogens with one attached hydrogen (secondary N) is 1. The van der Waals surface area contributed by atoms with Crippen molar-refractivity contribution in [2.45, 2.75) is 6.17 Å². The zero-order valence-electron chi connectivity index (χ0n) is 16.5. The first-order valence-corrected chi connectivity index (χ1v) is 9.38. The molecule has 3 aromatic carbocycles. The molecular formula is C23H21N3O3. The summed E-state index contributed by atoms with van der Waals surface area (Å²) in [6.45, 7) is 0. The molecule has 0 unspecified atom stereocenters. The standard InChI is InChI=1S/C23H21N3O3/c1-27-19-13-21(29-3)20(28-2)12-15(19)23-24-16-9-5-4-8-14(16)22-25-17-10-6-7-11-18(17)26(22)23/h4-13,23-24H,1-3H3/t23-/m0/s1. The number of anilines is 1. The number of aromatic nitrogens is 2. The fraction of sp³-hybridized carbons (Fsp3) is 0.174.